The van der Waals surface area contributed by atoms with Crippen LogP contribution in [0.4, 0.5) is 10.1 Å². The van der Waals surface area contributed by atoms with Crippen molar-refractivity contribution in [3.05, 3.63) is 62.3 Å². The van der Waals surface area contributed by atoms with E-state index in [-0.39, 0.29) is 28.0 Å². The van der Waals surface area contributed by atoms with E-state index >= 15 is 0 Å². The standard InChI is InChI=1S/C17H14ClFN2O3/c1-8-4-14-10(15(22)5-8)7-11(17(24)21-14)16(23)20-9-2-3-13(19)12(18)6-9/h2-3,6-8H,4-5H2,1H3,(H,20,23)(H,21,24)/t8-/m0/s1. The molecule has 124 valence electrons. The van der Waals surface area contributed by atoms with E-state index in [1.54, 1.807) is 0 Å². The first kappa shape index (κ1) is 16.4. The van der Waals surface area contributed by atoms with Gasteiger partial charge >= 0.3 is 0 Å². The number of pyridine rings is 1. The van der Waals surface area contributed by atoms with Gasteiger partial charge in [-0.1, -0.05) is 18.5 Å². The lowest BCUT2D eigenvalue weighted by Crippen LogP contribution is -2.29. The van der Waals surface area contributed by atoms with Gasteiger partial charge in [0.15, 0.2) is 5.78 Å². The highest BCUT2D eigenvalue weighted by molar-refractivity contribution is 6.31. The van der Waals surface area contributed by atoms with Crippen LogP contribution in [0.1, 0.15) is 39.8 Å². The van der Waals surface area contributed by atoms with E-state index in [0.29, 0.717) is 24.1 Å². The van der Waals surface area contributed by atoms with Gasteiger partial charge in [0, 0.05) is 23.4 Å². The Morgan fingerprint density at radius 3 is 2.75 bits per heavy atom. The fraction of sp³-hybridized carbons (Fsp3) is 0.235. The lowest BCUT2D eigenvalue weighted by atomic mass is 9.86. The Bertz CT molecular complexity index is 907. The molecule has 1 atom stereocenters. The zero-order valence-corrected chi connectivity index (χ0v) is 13.5. The second-order valence-electron chi connectivity index (χ2n) is 5.92. The number of hydrogen-bond acceptors (Lipinski definition) is 3. The van der Waals surface area contributed by atoms with Crippen molar-refractivity contribution in [3.8, 4) is 0 Å². The largest absolute Gasteiger partial charge is 0.325 e. The molecule has 0 bridgehead atoms. The number of rotatable bonds is 2. The summed E-state index contributed by atoms with van der Waals surface area (Å²) in [5.41, 5.74) is 0.446. The molecule has 5 nitrogen and oxygen atoms in total. The van der Waals surface area contributed by atoms with Gasteiger partial charge in [-0.15, -0.1) is 0 Å². The first-order chi connectivity index (χ1) is 11.3. The molecule has 0 fully saturated rings. The minimum atomic E-state index is -0.687. The number of halogens is 2. The van der Waals surface area contributed by atoms with Gasteiger partial charge in [-0.2, -0.15) is 0 Å². The summed E-state index contributed by atoms with van der Waals surface area (Å²) in [5.74, 6) is -1.24. The van der Waals surface area contributed by atoms with Crippen LogP contribution in [-0.4, -0.2) is 16.7 Å². The minimum absolute atomic E-state index is 0.0983. The molecule has 24 heavy (non-hydrogen) atoms. The molecule has 1 aliphatic rings. The Balaban J connectivity index is 1.93. The SMILES string of the molecule is C[C@@H]1CC(=O)c2cc(C(=O)Nc3ccc(F)c(Cl)c3)c(=O)[nH]c2C1. The van der Waals surface area contributed by atoms with E-state index in [9.17, 15) is 18.8 Å². The van der Waals surface area contributed by atoms with E-state index in [1.165, 1.54) is 18.2 Å². The van der Waals surface area contributed by atoms with Crippen LogP contribution in [0, 0.1) is 11.7 Å². The van der Waals surface area contributed by atoms with Gasteiger partial charge < -0.3 is 10.3 Å². The number of carbonyl (C=O) groups is 2. The number of H-pyrrole nitrogens is 1. The number of aromatic amines is 1. The number of aromatic nitrogens is 1. The van der Waals surface area contributed by atoms with Crippen LogP contribution in [0.5, 0.6) is 0 Å². The molecule has 1 aromatic carbocycles. The van der Waals surface area contributed by atoms with Crippen LogP contribution in [0.15, 0.2) is 29.1 Å². The van der Waals surface area contributed by atoms with Crippen molar-refractivity contribution in [2.45, 2.75) is 19.8 Å². The summed E-state index contributed by atoms with van der Waals surface area (Å²) < 4.78 is 13.1. The molecule has 0 saturated carbocycles. The summed E-state index contributed by atoms with van der Waals surface area (Å²) in [4.78, 5) is 39.2. The second-order valence-corrected chi connectivity index (χ2v) is 6.33. The number of fused-ring (bicyclic) bond motifs is 1. The molecule has 1 heterocycles. The van der Waals surface area contributed by atoms with Crippen molar-refractivity contribution in [1.82, 2.24) is 4.98 Å². The summed E-state index contributed by atoms with van der Waals surface area (Å²) in [6.07, 6.45) is 0.972. The predicted molar refractivity (Wildman–Crippen MR) is 88.2 cm³/mol. The highest BCUT2D eigenvalue weighted by atomic mass is 35.5. The topological polar surface area (TPSA) is 79.0 Å². The molecular weight excluding hydrogens is 335 g/mol. The van der Waals surface area contributed by atoms with Crippen molar-refractivity contribution in [2.75, 3.05) is 5.32 Å². The van der Waals surface area contributed by atoms with E-state index in [1.807, 2.05) is 6.92 Å². The summed E-state index contributed by atoms with van der Waals surface area (Å²) >= 11 is 5.66. The molecule has 1 aliphatic carbocycles. The number of anilines is 1. The number of amides is 1. The Kier molecular flexibility index (Phi) is 4.24. The lowest BCUT2D eigenvalue weighted by molar-refractivity contribution is 0.0952. The maximum atomic E-state index is 13.1. The smallest absolute Gasteiger partial charge is 0.261 e. The monoisotopic (exact) mass is 348 g/mol. The highest BCUT2D eigenvalue weighted by Gasteiger charge is 2.25. The minimum Gasteiger partial charge on any atom is -0.325 e. The summed E-state index contributed by atoms with van der Waals surface area (Å²) in [6.45, 7) is 1.93. The van der Waals surface area contributed by atoms with E-state index < -0.39 is 17.3 Å². The Hall–Kier alpha value is -2.47. The first-order valence-electron chi connectivity index (χ1n) is 7.41. The van der Waals surface area contributed by atoms with Crippen LogP contribution < -0.4 is 10.9 Å². The molecule has 3 rings (SSSR count). The zero-order valence-electron chi connectivity index (χ0n) is 12.8. The molecule has 1 aromatic heterocycles. The molecule has 1 amide bonds. The molecule has 7 heteroatoms. The van der Waals surface area contributed by atoms with Crippen LogP contribution in [0.2, 0.25) is 5.02 Å². The maximum Gasteiger partial charge on any atom is 0.261 e. The third-order valence-corrected chi connectivity index (χ3v) is 4.22. The van der Waals surface area contributed by atoms with Gasteiger partial charge in [0.05, 0.1) is 5.02 Å². The number of benzene rings is 1. The molecular formula is C17H14ClFN2O3. The second kappa shape index (κ2) is 6.20. The Labute approximate surface area is 141 Å². The van der Waals surface area contributed by atoms with Crippen LogP contribution in [0.25, 0.3) is 0 Å². The van der Waals surface area contributed by atoms with Crippen molar-refractivity contribution in [1.29, 1.82) is 0 Å². The summed E-state index contributed by atoms with van der Waals surface area (Å²) in [5, 5.41) is 2.33. The van der Waals surface area contributed by atoms with Gasteiger partial charge in [0.25, 0.3) is 11.5 Å². The van der Waals surface area contributed by atoms with Gasteiger partial charge in [-0.05, 0) is 36.6 Å². The lowest BCUT2D eigenvalue weighted by Gasteiger charge is -2.20. The third-order valence-electron chi connectivity index (χ3n) is 3.93. The van der Waals surface area contributed by atoms with Crippen LogP contribution >= 0.6 is 11.6 Å². The number of ketones is 1. The summed E-state index contributed by atoms with van der Waals surface area (Å²) in [7, 11) is 0. The number of Topliss-reactive ketones (excluding diaryl/α,β-unsaturated/α-hetero) is 1. The molecule has 0 saturated heterocycles. The molecule has 0 spiro atoms. The number of hydrogen-bond donors (Lipinski definition) is 2. The summed E-state index contributed by atoms with van der Waals surface area (Å²) in [6, 6.07) is 5.01. The first-order valence-corrected chi connectivity index (χ1v) is 7.78. The molecule has 0 radical (unpaired) electrons. The van der Waals surface area contributed by atoms with E-state index in [4.69, 9.17) is 11.6 Å². The highest BCUT2D eigenvalue weighted by Crippen LogP contribution is 2.24. The Morgan fingerprint density at radius 1 is 1.29 bits per heavy atom. The molecule has 0 aliphatic heterocycles. The number of nitrogens with one attached hydrogen (secondary N) is 2. The molecule has 2 N–H and O–H groups in total. The van der Waals surface area contributed by atoms with E-state index in [2.05, 4.69) is 10.3 Å². The van der Waals surface area contributed by atoms with Crippen molar-refractivity contribution < 1.29 is 14.0 Å². The average molecular weight is 349 g/mol. The fourth-order valence-electron chi connectivity index (χ4n) is 2.77. The quantitative estimate of drug-likeness (QED) is 0.874. The van der Waals surface area contributed by atoms with Gasteiger partial charge in [-0.3, -0.25) is 14.4 Å². The molecule has 2 aromatic rings. The van der Waals surface area contributed by atoms with Gasteiger partial charge in [0.2, 0.25) is 0 Å². The van der Waals surface area contributed by atoms with Crippen molar-refractivity contribution in [3.63, 3.8) is 0 Å². The van der Waals surface area contributed by atoms with Crippen molar-refractivity contribution in [2.24, 2.45) is 5.92 Å². The van der Waals surface area contributed by atoms with E-state index in [0.717, 1.165) is 6.07 Å². The van der Waals surface area contributed by atoms with Crippen LogP contribution in [-0.2, 0) is 6.42 Å². The van der Waals surface area contributed by atoms with Gasteiger partial charge in [0.1, 0.15) is 11.4 Å². The normalized spacial score (nSPS) is 16.6. The zero-order chi connectivity index (χ0) is 17.4. The fourth-order valence-corrected chi connectivity index (χ4v) is 2.95. The third kappa shape index (κ3) is 3.10. The van der Waals surface area contributed by atoms with Crippen molar-refractivity contribution >= 4 is 29.0 Å². The predicted octanol–water partition coefficient (Wildman–Crippen LogP) is 3.18. The number of carbonyl (C=O) groups excluding carboxylic acids is 2. The maximum absolute atomic E-state index is 13.1. The molecule has 0 unspecified atom stereocenters. The Morgan fingerprint density at radius 2 is 2.04 bits per heavy atom. The van der Waals surface area contributed by atoms with Crippen LogP contribution in [0.3, 0.4) is 0 Å². The van der Waals surface area contributed by atoms with Gasteiger partial charge in [-0.25, -0.2) is 4.39 Å². The average Bonchev–Trinajstić information content (AvgIpc) is 2.50.